The number of nitrogens with one attached hydrogen (secondary N) is 1. The summed E-state index contributed by atoms with van der Waals surface area (Å²) in [5.41, 5.74) is 0.387. The summed E-state index contributed by atoms with van der Waals surface area (Å²) in [6, 6.07) is 0. The first-order valence-electron chi connectivity index (χ1n) is 6.62. The molecule has 0 aliphatic carbocycles. The highest BCUT2D eigenvalue weighted by molar-refractivity contribution is 5.92. The zero-order chi connectivity index (χ0) is 13.7. The van der Waals surface area contributed by atoms with Gasteiger partial charge in [-0.05, 0) is 12.8 Å². The van der Waals surface area contributed by atoms with Gasteiger partial charge in [-0.2, -0.15) is 0 Å². The Morgan fingerprint density at radius 1 is 1.58 bits per heavy atom. The molecule has 6 nitrogen and oxygen atoms in total. The summed E-state index contributed by atoms with van der Waals surface area (Å²) in [7, 11) is 1.67. The third kappa shape index (κ3) is 3.41. The van der Waals surface area contributed by atoms with Gasteiger partial charge in [0.05, 0.1) is 18.5 Å². The molecule has 0 saturated carbocycles. The van der Waals surface area contributed by atoms with Gasteiger partial charge in [0.2, 0.25) is 0 Å². The zero-order valence-corrected chi connectivity index (χ0v) is 11.4. The molecule has 0 spiro atoms. The number of methoxy groups -OCH3 is 1. The van der Waals surface area contributed by atoms with Gasteiger partial charge in [0.25, 0.3) is 5.91 Å². The van der Waals surface area contributed by atoms with Crippen molar-refractivity contribution in [2.75, 3.05) is 32.1 Å². The van der Waals surface area contributed by atoms with Gasteiger partial charge < -0.3 is 15.0 Å². The molecule has 2 rings (SSSR count). The van der Waals surface area contributed by atoms with Crippen LogP contribution in [0.15, 0.2) is 12.4 Å². The SMILES string of the molecule is CCCNc1cncc(C(=O)N2CCC(OC)C2)n1. The molecular weight excluding hydrogens is 244 g/mol. The molecule has 1 atom stereocenters. The zero-order valence-electron chi connectivity index (χ0n) is 11.4. The lowest BCUT2D eigenvalue weighted by atomic mass is 10.3. The number of amides is 1. The van der Waals surface area contributed by atoms with Crippen molar-refractivity contribution in [3.05, 3.63) is 18.1 Å². The number of likely N-dealkylation sites (tertiary alicyclic amines) is 1. The lowest BCUT2D eigenvalue weighted by Crippen LogP contribution is -2.30. The lowest BCUT2D eigenvalue weighted by Gasteiger charge is -2.15. The highest BCUT2D eigenvalue weighted by atomic mass is 16.5. The fourth-order valence-corrected chi connectivity index (χ4v) is 2.07. The van der Waals surface area contributed by atoms with Gasteiger partial charge in [0.1, 0.15) is 11.5 Å². The second kappa shape index (κ2) is 6.47. The first-order valence-corrected chi connectivity index (χ1v) is 6.62. The van der Waals surface area contributed by atoms with Gasteiger partial charge in [-0.1, -0.05) is 6.92 Å². The van der Waals surface area contributed by atoms with Gasteiger partial charge in [-0.25, -0.2) is 4.98 Å². The van der Waals surface area contributed by atoms with E-state index in [0.717, 1.165) is 19.4 Å². The summed E-state index contributed by atoms with van der Waals surface area (Å²) in [4.78, 5) is 22.4. The molecule has 104 valence electrons. The van der Waals surface area contributed by atoms with Crippen LogP contribution in [0.1, 0.15) is 30.3 Å². The van der Waals surface area contributed by atoms with Gasteiger partial charge in [0.15, 0.2) is 0 Å². The third-order valence-corrected chi connectivity index (χ3v) is 3.18. The first kappa shape index (κ1) is 13.7. The van der Waals surface area contributed by atoms with Gasteiger partial charge in [-0.3, -0.25) is 9.78 Å². The fourth-order valence-electron chi connectivity index (χ4n) is 2.07. The Morgan fingerprint density at radius 2 is 2.42 bits per heavy atom. The van der Waals surface area contributed by atoms with Crippen molar-refractivity contribution in [1.29, 1.82) is 0 Å². The van der Waals surface area contributed by atoms with E-state index in [4.69, 9.17) is 4.74 Å². The van der Waals surface area contributed by atoms with Crippen molar-refractivity contribution in [1.82, 2.24) is 14.9 Å². The summed E-state index contributed by atoms with van der Waals surface area (Å²) in [5, 5.41) is 3.13. The molecular formula is C13H20N4O2. The van der Waals surface area contributed by atoms with E-state index in [1.807, 2.05) is 0 Å². The van der Waals surface area contributed by atoms with Crippen molar-refractivity contribution in [3.63, 3.8) is 0 Å². The Hall–Kier alpha value is -1.69. The predicted molar refractivity (Wildman–Crippen MR) is 72.1 cm³/mol. The molecule has 1 aromatic heterocycles. The van der Waals surface area contributed by atoms with Crippen LogP contribution < -0.4 is 5.32 Å². The number of ether oxygens (including phenoxy) is 1. The average Bonchev–Trinajstić information content (AvgIpc) is 2.93. The largest absolute Gasteiger partial charge is 0.380 e. The molecule has 1 aliphatic heterocycles. The van der Waals surface area contributed by atoms with E-state index in [1.54, 1.807) is 18.2 Å². The topological polar surface area (TPSA) is 67.4 Å². The van der Waals surface area contributed by atoms with Crippen LogP contribution in [0.5, 0.6) is 0 Å². The maximum absolute atomic E-state index is 12.3. The Bertz CT molecular complexity index is 438. The summed E-state index contributed by atoms with van der Waals surface area (Å²) in [5.74, 6) is 0.572. The van der Waals surface area contributed by atoms with Crippen LogP contribution in [0.4, 0.5) is 5.82 Å². The Kier molecular flexibility index (Phi) is 4.68. The number of anilines is 1. The van der Waals surface area contributed by atoms with Crippen LogP contribution >= 0.6 is 0 Å². The van der Waals surface area contributed by atoms with E-state index >= 15 is 0 Å². The molecule has 19 heavy (non-hydrogen) atoms. The van der Waals surface area contributed by atoms with Crippen LogP contribution in [-0.2, 0) is 4.74 Å². The molecule has 1 N–H and O–H groups in total. The average molecular weight is 264 g/mol. The van der Waals surface area contributed by atoms with Gasteiger partial charge in [0, 0.05) is 26.7 Å². The maximum atomic E-state index is 12.3. The predicted octanol–water partition coefficient (Wildman–Crippen LogP) is 1.16. The number of carbonyl (C=O) groups is 1. The molecule has 0 aromatic carbocycles. The molecule has 6 heteroatoms. The van der Waals surface area contributed by atoms with Crippen LogP contribution in [0, 0.1) is 0 Å². The molecule has 0 bridgehead atoms. The Morgan fingerprint density at radius 3 is 3.11 bits per heavy atom. The number of hydrogen-bond donors (Lipinski definition) is 1. The number of aromatic nitrogens is 2. The molecule has 1 aromatic rings. The fraction of sp³-hybridized carbons (Fsp3) is 0.615. The van der Waals surface area contributed by atoms with Crippen molar-refractivity contribution < 1.29 is 9.53 Å². The third-order valence-electron chi connectivity index (χ3n) is 3.18. The second-order valence-electron chi connectivity index (χ2n) is 4.61. The van der Waals surface area contributed by atoms with Crippen LogP contribution in [0.25, 0.3) is 0 Å². The minimum Gasteiger partial charge on any atom is -0.380 e. The summed E-state index contributed by atoms with van der Waals surface area (Å²) < 4.78 is 5.26. The number of carbonyl (C=O) groups excluding carboxylic acids is 1. The van der Waals surface area contributed by atoms with Crippen LogP contribution in [0.2, 0.25) is 0 Å². The Labute approximate surface area is 113 Å². The molecule has 1 amide bonds. The normalized spacial score (nSPS) is 18.6. The monoisotopic (exact) mass is 264 g/mol. The van der Waals surface area contributed by atoms with Crippen molar-refractivity contribution >= 4 is 11.7 Å². The van der Waals surface area contributed by atoms with E-state index in [1.165, 1.54) is 6.20 Å². The highest BCUT2D eigenvalue weighted by Crippen LogP contribution is 2.15. The van der Waals surface area contributed by atoms with E-state index in [9.17, 15) is 4.79 Å². The number of hydrogen-bond acceptors (Lipinski definition) is 5. The molecule has 2 heterocycles. The Balaban J connectivity index is 2.02. The molecule has 1 saturated heterocycles. The second-order valence-corrected chi connectivity index (χ2v) is 4.61. The van der Waals surface area contributed by atoms with E-state index in [2.05, 4.69) is 22.2 Å². The van der Waals surface area contributed by atoms with Crippen LogP contribution in [0.3, 0.4) is 0 Å². The molecule has 1 fully saturated rings. The number of rotatable bonds is 5. The summed E-state index contributed by atoms with van der Waals surface area (Å²) in [6.45, 7) is 4.24. The quantitative estimate of drug-likeness (QED) is 0.864. The van der Waals surface area contributed by atoms with Crippen molar-refractivity contribution in [2.45, 2.75) is 25.9 Å². The van der Waals surface area contributed by atoms with Crippen molar-refractivity contribution in [2.24, 2.45) is 0 Å². The van der Waals surface area contributed by atoms with E-state index < -0.39 is 0 Å². The molecule has 1 aliphatic rings. The number of nitrogens with zero attached hydrogens (tertiary/aromatic N) is 3. The summed E-state index contributed by atoms with van der Waals surface area (Å²) >= 11 is 0. The maximum Gasteiger partial charge on any atom is 0.274 e. The van der Waals surface area contributed by atoms with Gasteiger partial charge in [-0.15, -0.1) is 0 Å². The highest BCUT2D eigenvalue weighted by Gasteiger charge is 2.27. The van der Waals surface area contributed by atoms with Crippen molar-refractivity contribution in [3.8, 4) is 0 Å². The van der Waals surface area contributed by atoms with E-state index in [0.29, 0.717) is 24.6 Å². The smallest absolute Gasteiger partial charge is 0.274 e. The molecule has 0 radical (unpaired) electrons. The van der Waals surface area contributed by atoms with Gasteiger partial charge >= 0.3 is 0 Å². The first-order chi connectivity index (χ1) is 9.24. The van der Waals surface area contributed by atoms with E-state index in [-0.39, 0.29) is 12.0 Å². The standard InChI is InChI=1S/C13H20N4O2/c1-3-5-15-12-8-14-7-11(16-12)13(18)17-6-4-10(9-17)19-2/h7-8,10H,3-6,9H2,1-2H3,(H,15,16). The molecule has 1 unspecified atom stereocenters. The summed E-state index contributed by atoms with van der Waals surface area (Å²) in [6.07, 6.45) is 5.16. The van der Waals surface area contributed by atoms with Crippen LogP contribution in [-0.4, -0.2) is 53.6 Å². The lowest BCUT2D eigenvalue weighted by molar-refractivity contribution is 0.0718. The minimum atomic E-state index is -0.0767. The minimum absolute atomic E-state index is 0.0767.